The summed E-state index contributed by atoms with van der Waals surface area (Å²) in [4.78, 5) is 11.2. The van der Waals surface area contributed by atoms with Crippen molar-refractivity contribution in [2.45, 2.75) is 19.1 Å². The third-order valence-electron chi connectivity index (χ3n) is 2.19. The van der Waals surface area contributed by atoms with Crippen molar-refractivity contribution in [1.29, 1.82) is 0 Å². The Kier molecular flexibility index (Phi) is 4.93. The zero-order chi connectivity index (χ0) is 12.9. The van der Waals surface area contributed by atoms with E-state index in [0.717, 1.165) is 5.56 Å². The molecule has 0 radical (unpaired) electrons. The lowest BCUT2D eigenvalue weighted by molar-refractivity contribution is -0.167. The van der Waals surface area contributed by atoms with Crippen molar-refractivity contribution in [1.82, 2.24) is 0 Å². The quantitative estimate of drug-likeness (QED) is 0.818. The molecule has 0 aliphatic carbocycles. The van der Waals surface area contributed by atoms with E-state index in [9.17, 15) is 9.90 Å². The Hall–Kier alpha value is -1.10. The van der Waals surface area contributed by atoms with Gasteiger partial charge in [-0.1, -0.05) is 23.7 Å². The van der Waals surface area contributed by atoms with E-state index in [-0.39, 0.29) is 6.61 Å². The summed E-state index contributed by atoms with van der Waals surface area (Å²) in [5, 5.41) is 10.3. The van der Waals surface area contributed by atoms with E-state index in [4.69, 9.17) is 16.3 Å². The van der Waals surface area contributed by atoms with Gasteiger partial charge in [-0.25, -0.2) is 4.79 Å². The van der Waals surface area contributed by atoms with Crippen LogP contribution in [0.3, 0.4) is 0 Å². The van der Waals surface area contributed by atoms with Crippen molar-refractivity contribution in [3.05, 3.63) is 34.9 Å². The summed E-state index contributed by atoms with van der Waals surface area (Å²) in [6.07, 6.45) is 0. The molecule has 1 rings (SSSR count). The average molecular weight is 259 g/mol. The van der Waals surface area contributed by atoms with E-state index in [0.29, 0.717) is 11.6 Å². The third-order valence-corrected chi connectivity index (χ3v) is 2.44. The molecule has 1 atom stereocenters. The summed E-state index contributed by atoms with van der Waals surface area (Å²) in [6, 6.07) is 7.13. The lowest BCUT2D eigenvalue weighted by atomic mass is 10.1. The summed E-state index contributed by atoms with van der Waals surface area (Å²) >= 11 is 5.74. The van der Waals surface area contributed by atoms with Gasteiger partial charge in [-0.15, -0.1) is 0 Å². The number of benzene rings is 1. The second kappa shape index (κ2) is 6.00. The van der Waals surface area contributed by atoms with Crippen molar-refractivity contribution in [2.24, 2.45) is 0 Å². The lowest BCUT2D eigenvalue weighted by Crippen LogP contribution is -2.40. The first-order valence-corrected chi connectivity index (χ1v) is 5.46. The number of halogens is 1. The molecule has 1 unspecified atom stereocenters. The van der Waals surface area contributed by atoms with Crippen LogP contribution in [0.1, 0.15) is 12.5 Å². The van der Waals surface area contributed by atoms with Crippen LogP contribution in [-0.4, -0.2) is 30.4 Å². The van der Waals surface area contributed by atoms with Crippen LogP contribution in [0.5, 0.6) is 0 Å². The monoisotopic (exact) mass is 258 g/mol. The van der Waals surface area contributed by atoms with Gasteiger partial charge in [-0.05, 0) is 24.6 Å². The maximum Gasteiger partial charge on any atom is 0.339 e. The molecule has 0 saturated heterocycles. The zero-order valence-corrected chi connectivity index (χ0v) is 10.5. The van der Waals surface area contributed by atoms with Gasteiger partial charge in [0.1, 0.15) is 0 Å². The lowest BCUT2D eigenvalue weighted by Gasteiger charge is -2.19. The molecule has 17 heavy (non-hydrogen) atoms. The molecule has 0 amide bonds. The molecule has 0 aromatic heterocycles. The number of methoxy groups -OCH3 is 1. The molecule has 0 spiro atoms. The number of carbonyl (C=O) groups excluding carboxylic acids is 1. The Bertz CT molecular complexity index is 373. The summed E-state index contributed by atoms with van der Waals surface area (Å²) < 4.78 is 9.70. The van der Waals surface area contributed by atoms with Gasteiger partial charge in [0.15, 0.2) is 5.60 Å². The fraction of sp³-hybridized carbons (Fsp3) is 0.417. The highest BCUT2D eigenvalue weighted by atomic mass is 35.5. The minimum absolute atomic E-state index is 0.123. The van der Waals surface area contributed by atoms with E-state index < -0.39 is 11.6 Å². The van der Waals surface area contributed by atoms with Gasteiger partial charge in [-0.2, -0.15) is 0 Å². The molecule has 1 aromatic rings. The highest BCUT2D eigenvalue weighted by Crippen LogP contribution is 2.12. The van der Waals surface area contributed by atoms with E-state index >= 15 is 0 Å². The van der Waals surface area contributed by atoms with Crippen LogP contribution < -0.4 is 0 Å². The highest BCUT2D eigenvalue weighted by Gasteiger charge is 2.31. The molecular formula is C12H15ClO4. The van der Waals surface area contributed by atoms with Crippen LogP contribution >= 0.6 is 11.6 Å². The largest absolute Gasteiger partial charge is 0.467 e. The minimum Gasteiger partial charge on any atom is -0.467 e. The predicted octanol–water partition coefficient (Wildman–Crippen LogP) is 1.78. The molecular weight excluding hydrogens is 244 g/mol. The normalized spacial score (nSPS) is 14.1. The van der Waals surface area contributed by atoms with Crippen molar-refractivity contribution < 1.29 is 19.4 Å². The molecule has 1 aromatic carbocycles. The Labute approximate surface area is 105 Å². The summed E-state index contributed by atoms with van der Waals surface area (Å²) in [5.74, 6) is -0.714. The topological polar surface area (TPSA) is 55.8 Å². The van der Waals surface area contributed by atoms with E-state index in [1.807, 2.05) is 12.1 Å². The van der Waals surface area contributed by atoms with Crippen LogP contribution in [0.2, 0.25) is 5.02 Å². The van der Waals surface area contributed by atoms with E-state index in [1.165, 1.54) is 14.0 Å². The fourth-order valence-electron chi connectivity index (χ4n) is 1.23. The van der Waals surface area contributed by atoms with Gasteiger partial charge in [-0.3, -0.25) is 0 Å². The number of hydrogen-bond acceptors (Lipinski definition) is 4. The van der Waals surface area contributed by atoms with Gasteiger partial charge in [0.25, 0.3) is 0 Å². The van der Waals surface area contributed by atoms with Gasteiger partial charge >= 0.3 is 5.97 Å². The molecule has 0 bridgehead atoms. The Morgan fingerprint density at radius 2 is 2.00 bits per heavy atom. The smallest absolute Gasteiger partial charge is 0.339 e. The van der Waals surface area contributed by atoms with Gasteiger partial charge in [0.05, 0.1) is 20.3 Å². The maximum atomic E-state index is 11.2. The average Bonchev–Trinajstić information content (AvgIpc) is 2.30. The Morgan fingerprint density at radius 1 is 1.41 bits per heavy atom. The standard InChI is InChI=1S/C12H15ClO4/c1-12(15,11(14)16-2)8-17-7-9-3-5-10(13)6-4-9/h3-6,15H,7-8H2,1-2H3. The zero-order valence-electron chi connectivity index (χ0n) is 9.77. The van der Waals surface area contributed by atoms with Crippen LogP contribution in [-0.2, 0) is 20.9 Å². The molecule has 4 nitrogen and oxygen atoms in total. The summed E-state index contributed by atoms with van der Waals surface area (Å²) in [7, 11) is 1.22. The molecule has 94 valence electrons. The highest BCUT2D eigenvalue weighted by molar-refractivity contribution is 6.30. The first-order valence-electron chi connectivity index (χ1n) is 5.08. The first kappa shape index (κ1) is 14.0. The number of ether oxygens (including phenoxy) is 2. The molecule has 0 aliphatic heterocycles. The Morgan fingerprint density at radius 3 is 2.53 bits per heavy atom. The van der Waals surface area contributed by atoms with E-state index in [2.05, 4.69) is 4.74 Å². The van der Waals surface area contributed by atoms with Gasteiger partial charge in [0, 0.05) is 5.02 Å². The number of rotatable bonds is 5. The van der Waals surface area contributed by atoms with Crippen molar-refractivity contribution in [3.63, 3.8) is 0 Å². The number of hydrogen-bond donors (Lipinski definition) is 1. The van der Waals surface area contributed by atoms with Crippen molar-refractivity contribution in [3.8, 4) is 0 Å². The second-order valence-electron chi connectivity index (χ2n) is 3.88. The SMILES string of the molecule is COC(=O)C(C)(O)COCc1ccc(Cl)cc1. The summed E-state index contributed by atoms with van der Waals surface area (Å²) in [5.41, 5.74) is -0.712. The molecule has 0 saturated carbocycles. The summed E-state index contributed by atoms with van der Waals surface area (Å²) in [6.45, 7) is 1.52. The van der Waals surface area contributed by atoms with Gasteiger partial charge < -0.3 is 14.6 Å². The van der Waals surface area contributed by atoms with Gasteiger partial charge in [0.2, 0.25) is 0 Å². The first-order chi connectivity index (χ1) is 7.95. The number of esters is 1. The molecule has 5 heteroatoms. The second-order valence-corrected chi connectivity index (χ2v) is 4.32. The van der Waals surface area contributed by atoms with Crippen LogP contribution in [0.25, 0.3) is 0 Å². The third kappa shape index (κ3) is 4.34. The molecule has 0 aliphatic rings. The minimum atomic E-state index is -1.62. The van der Waals surface area contributed by atoms with Crippen molar-refractivity contribution in [2.75, 3.05) is 13.7 Å². The maximum absolute atomic E-state index is 11.2. The molecule has 0 fully saturated rings. The molecule has 1 N–H and O–H groups in total. The number of aliphatic hydroxyl groups is 1. The Balaban J connectivity index is 2.42. The van der Waals surface area contributed by atoms with Crippen LogP contribution in [0.15, 0.2) is 24.3 Å². The fourth-order valence-corrected chi connectivity index (χ4v) is 1.35. The van der Waals surface area contributed by atoms with Crippen LogP contribution in [0, 0.1) is 0 Å². The number of carbonyl (C=O) groups is 1. The van der Waals surface area contributed by atoms with Crippen molar-refractivity contribution >= 4 is 17.6 Å². The van der Waals surface area contributed by atoms with Crippen LogP contribution in [0.4, 0.5) is 0 Å². The van der Waals surface area contributed by atoms with E-state index in [1.54, 1.807) is 12.1 Å². The molecule has 0 heterocycles. The predicted molar refractivity (Wildman–Crippen MR) is 63.7 cm³/mol.